The molecule has 106 valence electrons. The van der Waals surface area contributed by atoms with Crippen LogP contribution in [0, 0.1) is 0 Å². The maximum Gasteiger partial charge on any atom is 0.258 e. The standard InChI is InChI=1S/C16H15N3O2/c1-19(12-4-6-13(21-2)7-5-12)16(20)11-3-8-14-15(9-11)18-10-17-14/h3-10H,1-2H3,(H,17,18). The largest absolute Gasteiger partial charge is 0.497 e. The lowest BCUT2D eigenvalue weighted by Gasteiger charge is -2.17. The van der Waals surface area contributed by atoms with Gasteiger partial charge in [-0.15, -0.1) is 0 Å². The Morgan fingerprint density at radius 1 is 1.19 bits per heavy atom. The Morgan fingerprint density at radius 2 is 1.95 bits per heavy atom. The SMILES string of the molecule is COc1ccc(N(C)C(=O)c2ccc3nc[nH]c3c2)cc1. The fourth-order valence-electron chi connectivity index (χ4n) is 2.19. The first-order chi connectivity index (χ1) is 10.2. The lowest BCUT2D eigenvalue weighted by molar-refractivity contribution is 0.0993. The van der Waals surface area contributed by atoms with Gasteiger partial charge in [-0.05, 0) is 42.5 Å². The molecule has 3 aromatic rings. The van der Waals surface area contributed by atoms with E-state index in [0.717, 1.165) is 22.5 Å². The number of imidazole rings is 1. The number of H-pyrrole nitrogens is 1. The van der Waals surface area contributed by atoms with Gasteiger partial charge < -0.3 is 14.6 Å². The first-order valence-electron chi connectivity index (χ1n) is 6.54. The van der Waals surface area contributed by atoms with Crippen molar-refractivity contribution >= 4 is 22.6 Å². The Balaban J connectivity index is 1.88. The number of anilines is 1. The van der Waals surface area contributed by atoms with Crippen molar-refractivity contribution < 1.29 is 9.53 Å². The van der Waals surface area contributed by atoms with E-state index in [1.54, 1.807) is 31.5 Å². The summed E-state index contributed by atoms with van der Waals surface area (Å²) in [5.41, 5.74) is 3.12. The van der Waals surface area contributed by atoms with E-state index in [4.69, 9.17) is 4.74 Å². The Bertz CT molecular complexity index is 778. The molecule has 0 aliphatic rings. The molecule has 2 aromatic carbocycles. The molecule has 1 heterocycles. The molecule has 5 heteroatoms. The molecule has 21 heavy (non-hydrogen) atoms. The number of carbonyl (C=O) groups excluding carboxylic acids is 1. The molecule has 0 saturated carbocycles. The zero-order valence-electron chi connectivity index (χ0n) is 11.8. The van der Waals surface area contributed by atoms with Crippen molar-refractivity contribution in [3.8, 4) is 5.75 Å². The van der Waals surface area contributed by atoms with Gasteiger partial charge in [0.1, 0.15) is 5.75 Å². The second-order valence-corrected chi connectivity index (χ2v) is 4.70. The van der Waals surface area contributed by atoms with Gasteiger partial charge in [0.15, 0.2) is 0 Å². The van der Waals surface area contributed by atoms with Gasteiger partial charge in [-0.25, -0.2) is 4.98 Å². The van der Waals surface area contributed by atoms with E-state index in [-0.39, 0.29) is 5.91 Å². The molecule has 0 saturated heterocycles. The van der Waals surface area contributed by atoms with Crippen molar-refractivity contribution in [3.05, 3.63) is 54.4 Å². The summed E-state index contributed by atoms with van der Waals surface area (Å²) in [6, 6.07) is 12.8. The number of aromatic nitrogens is 2. The average molecular weight is 281 g/mol. The summed E-state index contributed by atoms with van der Waals surface area (Å²) in [5.74, 6) is 0.690. The van der Waals surface area contributed by atoms with Crippen LogP contribution in [0.4, 0.5) is 5.69 Å². The summed E-state index contributed by atoms with van der Waals surface area (Å²) in [6.07, 6.45) is 1.62. The first kappa shape index (κ1) is 13.2. The van der Waals surface area contributed by atoms with Crippen LogP contribution < -0.4 is 9.64 Å². The number of methoxy groups -OCH3 is 1. The summed E-state index contributed by atoms with van der Waals surface area (Å²) in [7, 11) is 3.37. The number of fused-ring (bicyclic) bond motifs is 1. The summed E-state index contributed by atoms with van der Waals surface area (Å²) in [6.45, 7) is 0. The quantitative estimate of drug-likeness (QED) is 0.803. The predicted octanol–water partition coefficient (Wildman–Crippen LogP) is 2.85. The third kappa shape index (κ3) is 2.45. The highest BCUT2D eigenvalue weighted by atomic mass is 16.5. The zero-order chi connectivity index (χ0) is 14.8. The van der Waals surface area contributed by atoms with E-state index >= 15 is 0 Å². The Hall–Kier alpha value is -2.82. The number of hydrogen-bond acceptors (Lipinski definition) is 3. The Morgan fingerprint density at radius 3 is 2.67 bits per heavy atom. The van der Waals surface area contributed by atoms with Crippen LogP contribution >= 0.6 is 0 Å². The summed E-state index contributed by atoms with van der Waals surface area (Å²) < 4.78 is 5.12. The number of nitrogens with one attached hydrogen (secondary N) is 1. The van der Waals surface area contributed by atoms with Crippen LogP contribution in [-0.2, 0) is 0 Å². The number of amides is 1. The Labute approximate surface area is 122 Å². The number of ether oxygens (including phenoxy) is 1. The fraction of sp³-hybridized carbons (Fsp3) is 0.125. The smallest absolute Gasteiger partial charge is 0.258 e. The molecule has 0 spiro atoms. The third-order valence-electron chi connectivity index (χ3n) is 3.43. The fourth-order valence-corrected chi connectivity index (χ4v) is 2.19. The predicted molar refractivity (Wildman–Crippen MR) is 81.8 cm³/mol. The molecule has 1 amide bonds. The summed E-state index contributed by atoms with van der Waals surface area (Å²) in [4.78, 5) is 21.3. The molecule has 1 N–H and O–H groups in total. The molecule has 0 aliphatic carbocycles. The number of carbonyl (C=O) groups is 1. The first-order valence-corrected chi connectivity index (χ1v) is 6.54. The van der Waals surface area contributed by atoms with Crippen molar-refractivity contribution in [2.75, 3.05) is 19.1 Å². The van der Waals surface area contributed by atoms with Crippen LogP contribution in [-0.4, -0.2) is 30.0 Å². The minimum atomic E-state index is -0.0725. The van der Waals surface area contributed by atoms with Gasteiger partial charge >= 0.3 is 0 Å². The second-order valence-electron chi connectivity index (χ2n) is 4.70. The van der Waals surface area contributed by atoms with Gasteiger partial charge in [-0.2, -0.15) is 0 Å². The molecule has 0 radical (unpaired) electrons. The van der Waals surface area contributed by atoms with Gasteiger partial charge in [-0.1, -0.05) is 0 Å². The van der Waals surface area contributed by atoms with E-state index in [1.807, 2.05) is 36.4 Å². The molecule has 0 atom stereocenters. The highest BCUT2D eigenvalue weighted by molar-refractivity contribution is 6.07. The van der Waals surface area contributed by atoms with Crippen LogP contribution in [0.5, 0.6) is 5.75 Å². The van der Waals surface area contributed by atoms with E-state index in [0.29, 0.717) is 5.56 Å². The zero-order valence-corrected chi connectivity index (χ0v) is 11.8. The molecule has 1 aromatic heterocycles. The van der Waals surface area contributed by atoms with Crippen LogP contribution in [0.2, 0.25) is 0 Å². The van der Waals surface area contributed by atoms with E-state index in [1.165, 1.54) is 0 Å². The van der Waals surface area contributed by atoms with Crippen LogP contribution in [0.1, 0.15) is 10.4 Å². The molecular formula is C16H15N3O2. The molecule has 5 nitrogen and oxygen atoms in total. The minimum absolute atomic E-state index is 0.0725. The van der Waals surface area contributed by atoms with Crippen LogP contribution in [0.25, 0.3) is 11.0 Å². The van der Waals surface area contributed by atoms with Crippen LogP contribution in [0.3, 0.4) is 0 Å². The number of hydrogen-bond donors (Lipinski definition) is 1. The molecule has 3 rings (SSSR count). The van der Waals surface area contributed by atoms with Gasteiger partial charge in [0.05, 0.1) is 24.5 Å². The highest BCUT2D eigenvalue weighted by Crippen LogP contribution is 2.21. The average Bonchev–Trinajstić information content (AvgIpc) is 3.01. The number of aromatic amines is 1. The van der Waals surface area contributed by atoms with Gasteiger partial charge in [0.2, 0.25) is 0 Å². The van der Waals surface area contributed by atoms with Gasteiger partial charge in [0, 0.05) is 18.3 Å². The second kappa shape index (κ2) is 5.28. The lowest BCUT2D eigenvalue weighted by atomic mass is 10.1. The van der Waals surface area contributed by atoms with E-state index in [9.17, 15) is 4.79 Å². The van der Waals surface area contributed by atoms with Gasteiger partial charge in [0.25, 0.3) is 5.91 Å². The topological polar surface area (TPSA) is 58.2 Å². The molecule has 0 fully saturated rings. The number of benzene rings is 2. The molecule has 0 aliphatic heterocycles. The van der Waals surface area contributed by atoms with E-state index in [2.05, 4.69) is 9.97 Å². The minimum Gasteiger partial charge on any atom is -0.497 e. The van der Waals surface area contributed by atoms with Gasteiger partial charge in [-0.3, -0.25) is 4.79 Å². The van der Waals surface area contributed by atoms with Crippen molar-refractivity contribution in [3.63, 3.8) is 0 Å². The molecular weight excluding hydrogens is 266 g/mol. The maximum absolute atomic E-state index is 12.5. The van der Waals surface area contributed by atoms with Crippen LogP contribution in [0.15, 0.2) is 48.8 Å². The van der Waals surface area contributed by atoms with Crippen molar-refractivity contribution in [1.29, 1.82) is 0 Å². The third-order valence-corrected chi connectivity index (χ3v) is 3.43. The Kier molecular flexibility index (Phi) is 3.31. The van der Waals surface area contributed by atoms with Crippen molar-refractivity contribution in [1.82, 2.24) is 9.97 Å². The lowest BCUT2D eigenvalue weighted by Crippen LogP contribution is -2.26. The molecule has 0 unspecified atom stereocenters. The maximum atomic E-state index is 12.5. The monoisotopic (exact) mass is 281 g/mol. The van der Waals surface area contributed by atoms with Crippen molar-refractivity contribution in [2.45, 2.75) is 0 Å². The normalized spacial score (nSPS) is 10.6. The van der Waals surface area contributed by atoms with E-state index < -0.39 is 0 Å². The summed E-state index contributed by atoms with van der Waals surface area (Å²) in [5, 5.41) is 0. The molecule has 0 bridgehead atoms. The summed E-state index contributed by atoms with van der Waals surface area (Å²) >= 11 is 0. The number of rotatable bonds is 3. The highest BCUT2D eigenvalue weighted by Gasteiger charge is 2.14. The van der Waals surface area contributed by atoms with Crippen molar-refractivity contribution in [2.24, 2.45) is 0 Å². The number of nitrogens with zero attached hydrogens (tertiary/aromatic N) is 2.